The Kier molecular flexibility index (Phi) is 6.38. The molecule has 3 aromatic rings. The van der Waals surface area contributed by atoms with Gasteiger partial charge in [-0.25, -0.2) is 4.98 Å². The van der Waals surface area contributed by atoms with Crippen LogP contribution in [0.1, 0.15) is 51.1 Å². The fourth-order valence-electron chi connectivity index (χ4n) is 5.65. The predicted molar refractivity (Wildman–Crippen MR) is 145 cm³/mol. The minimum absolute atomic E-state index is 0.0361. The lowest BCUT2D eigenvalue weighted by Crippen LogP contribution is -2.51. The van der Waals surface area contributed by atoms with Gasteiger partial charge in [0.2, 0.25) is 11.2 Å². The van der Waals surface area contributed by atoms with Crippen LogP contribution in [0.25, 0.3) is 16.7 Å². The van der Waals surface area contributed by atoms with E-state index in [0.29, 0.717) is 56.2 Å². The van der Waals surface area contributed by atoms with E-state index in [1.807, 2.05) is 34.7 Å². The summed E-state index contributed by atoms with van der Waals surface area (Å²) in [5.74, 6) is 0.171. The van der Waals surface area contributed by atoms with Crippen molar-refractivity contribution in [3.63, 3.8) is 0 Å². The molecule has 0 bridgehead atoms. The van der Waals surface area contributed by atoms with Crippen molar-refractivity contribution in [1.29, 1.82) is 0 Å². The molecule has 0 radical (unpaired) electrons. The van der Waals surface area contributed by atoms with Gasteiger partial charge in [0.1, 0.15) is 0 Å². The molecule has 202 valence electrons. The normalized spacial score (nSPS) is 24.5. The van der Waals surface area contributed by atoms with Crippen LogP contribution in [-0.4, -0.2) is 68.0 Å². The highest BCUT2D eigenvalue weighted by atomic mass is 35.5. The minimum atomic E-state index is -1.13. The number of aliphatic hydroxyl groups is 1. The SMILES string of the molecule is C[C@H]1COC[C@@H](c2ccc(-n3ccc4c(=O)n(CC5(O)CCN(C(=O)C6(C)CC6)CC5)c(Cl)nc43)cc2)N1. The van der Waals surface area contributed by atoms with E-state index < -0.39 is 5.60 Å². The predicted octanol–water partition coefficient (Wildman–Crippen LogP) is 3.04. The van der Waals surface area contributed by atoms with Crippen LogP contribution in [0, 0.1) is 5.41 Å². The number of morpholine rings is 1. The molecule has 2 N–H and O–H groups in total. The van der Waals surface area contributed by atoms with Crippen LogP contribution in [0.4, 0.5) is 0 Å². The summed E-state index contributed by atoms with van der Waals surface area (Å²) in [5.41, 5.74) is 0.841. The zero-order valence-electron chi connectivity index (χ0n) is 21.8. The molecule has 10 heteroatoms. The number of amides is 1. The lowest BCUT2D eigenvalue weighted by molar-refractivity contribution is -0.141. The number of nitrogens with zero attached hydrogens (tertiary/aromatic N) is 4. The number of carbonyl (C=O) groups is 1. The molecule has 2 aliphatic heterocycles. The number of ether oxygens (including phenoxy) is 1. The van der Waals surface area contributed by atoms with Crippen molar-refractivity contribution in [1.82, 2.24) is 24.3 Å². The van der Waals surface area contributed by atoms with E-state index in [9.17, 15) is 14.7 Å². The van der Waals surface area contributed by atoms with Crippen molar-refractivity contribution in [3.05, 3.63) is 57.7 Å². The molecule has 1 amide bonds. The van der Waals surface area contributed by atoms with Gasteiger partial charge in [-0.2, -0.15) is 0 Å². The van der Waals surface area contributed by atoms with Crippen LogP contribution >= 0.6 is 11.6 Å². The Morgan fingerprint density at radius 2 is 1.87 bits per heavy atom. The van der Waals surface area contributed by atoms with E-state index >= 15 is 0 Å². The largest absolute Gasteiger partial charge is 0.388 e. The standard InChI is InChI=1S/C28H34ClN5O4/c1-18-15-38-16-22(30-18)19-3-5-20(6-4-19)33-12-7-21-23(33)31-26(29)34(24(21)35)17-28(37)10-13-32(14-11-28)25(36)27(2)8-9-27/h3-7,12,18,22,30,37H,8-11,13-17H2,1-2H3/t18-,22-/m0/s1. The quantitative estimate of drug-likeness (QED) is 0.483. The molecule has 1 aliphatic carbocycles. The molecule has 1 aromatic carbocycles. The van der Waals surface area contributed by atoms with Crippen molar-refractivity contribution in [2.75, 3.05) is 26.3 Å². The third kappa shape index (κ3) is 4.66. The molecule has 9 nitrogen and oxygen atoms in total. The van der Waals surface area contributed by atoms with E-state index in [-0.39, 0.29) is 34.8 Å². The number of piperidine rings is 1. The highest BCUT2D eigenvalue weighted by Crippen LogP contribution is 2.47. The highest BCUT2D eigenvalue weighted by Gasteiger charge is 2.48. The maximum absolute atomic E-state index is 13.4. The van der Waals surface area contributed by atoms with E-state index in [4.69, 9.17) is 16.3 Å². The second-order valence-electron chi connectivity index (χ2n) is 11.5. The third-order valence-corrected chi connectivity index (χ3v) is 8.71. The average molecular weight is 540 g/mol. The van der Waals surface area contributed by atoms with Gasteiger partial charge in [-0.15, -0.1) is 0 Å². The zero-order valence-corrected chi connectivity index (χ0v) is 22.6. The van der Waals surface area contributed by atoms with Crippen molar-refractivity contribution in [2.24, 2.45) is 5.41 Å². The van der Waals surface area contributed by atoms with Crippen molar-refractivity contribution in [3.8, 4) is 5.69 Å². The Morgan fingerprint density at radius 1 is 1.16 bits per heavy atom. The fourth-order valence-corrected chi connectivity index (χ4v) is 5.87. The molecule has 2 saturated heterocycles. The number of aromatic nitrogens is 3. The van der Waals surface area contributed by atoms with Gasteiger partial charge in [-0.05, 0) is 68.0 Å². The number of benzene rings is 1. The fraction of sp³-hybridized carbons (Fsp3) is 0.536. The van der Waals surface area contributed by atoms with Crippen LogP contribution in [0.3, 0.4) is 0 Å². The van der Waals surface area contributed by atoms with Crippen LogP contribution in [-0.2, 0) is 16.1 Å². The summed E-state index contributed by atoms with van der Waals surface area (Å²) in [6.45, 7) is 6.44. The summed E-state index contributed by atoms with van der Waals surface area (Å²) in [6.07, 6.45) is 4.46. The second kappa shape index (κ2) is 9.48. The summed E-state index contributed by atoms with van der Waals surface area (Å²) in [5, 5.41) is 15.3. The molecule has 6 rings (SSSR count). The summed E-state index contributed by atoms with van der Waals surface area (Å²) in [6, 6.07) is 10.3. The van der Waals surface area contributed by atoms with Crippen molar-refractivity contribution < 1.29 is 14.6 Å². The molecule has 0 spiro atoms. The first kappa shape index (κ1) is 25.6. The zero-order chi connectivity index (χ0) is 26.7. The Labute approximate surface area is 226 Å². The van der Waals surface area contributed by atoms with Gasteiger partial charge in [-0.3, -0.25) is 14.2 Å². The van der Waals surface area contributed by atoms with E-state index in [1.165, 1.54) is 4.57 Å². The van der Waals surface area contributed by atoms with E-state index in [2.05, 4.69) is 29.4 Å². The average Bonchev–Trinajstić information content (AvgIpc) is 3.53. The van der Waals surface area contributed by atoms with Gasteiger partial charge in [0.15, 0.2) is 5.65 Å². The second-order valence-corrected chi connectivity index (χ2v) is 11.9. The third-order valence-electron chi connectivity index (χ3n) is 8.42. The molecule has 2 atom stereocenters. The Balaban J connectivity index is 1.21. The first-order valence-electron chi connectivity index (χ1n) is 13.4. The Hall–Kier alpha value is -2.72. The van der Waals surface area contributed by atoms with Gasteiger partial charge >= 0.3 is 0 Å². The molecule has 0 unspecified atom stereocenters. The molecule has 3 aliphatic rings. The number of nitrogens with one attached hydrogen (secondary N) is 1. The number of rotatable bonds is 5. The topological polar surface area (TPSA) is 102 Å². The number of carbonyl (C=O) groups excluding carboxylic acids is 1. The van der Waals surface area contributed by atoms with Crippen LogP contribution in [0.5, 0.6) is 0 Å². The van der Waals surface area contributed by atoms with Crippen molar-refractivity contribution >= 4 is 28.5 Å². The Morgan fingerprint density at radius 3 is 2.53 bits per heavy atom. The van der Waals surface area contributed by atoms with Crippen LogP contribution < -0.4 is 10.9 Å². The molecule has 38 heavy (non-hydrogen) atoms. The smallest absolute Gasteiger partial charge is 0.264 e. The minimum Gasteiger partial charge on any atom is -0.388 e. The lowest BCUT2D eigenvalue weighted by Gasteiger charge is -2.39. The van der Waals surface area contributed by atoms with E-state index in [0.717, 1.165) is 24.1 Å². The maximum Gasteiger partial charge on any atom is 0.264 e. The molecule has 4 heterocycles. The molecular weight excluding hydrogens is 506 g/mol. The summed E-state index contributed by atoms with van der Waals surface area (Å²) in [7, 11) is 0. The number of halogens is 1. The number of fused-ring (bicyclic) bond motifs is 1. The van der Waals surface area contributed by atoms with E-state index in [1.54, 1.807) is 6.07 Å². The first-order chi connectivity index (χ1) is 18.2. The number of hydrogen-bond donors (Lipinski definition) is 2. The molecule has 2 aromatic heterocycles. The van der Waals surface area contributed by atoms with Crippen LogP contribution in [0.15, 0.2) is 41.3 Å². The van der Waals surface area contributed by atoms with Gasteiger partial charge in [-0.1, -0.05) is 19.1 Å². The summed E-state index contributed by atoms with van der Waals surface area (Å²) >= 11 is 6.53. The maximum atomic E-state index is 13.4. The monoisotopic (exact) mass is 539 g/mol. The van der Waals surface area contributed by atoms with Gasteiger partial charge in [0, 0.05) is 36.4 Å². The summed E-state index contributed by atoms with van der Waals surface area (Å²) in [4.78, 5) is 32.5. The van der Waals surface area contributed by atoms with Crippen molar-refractivity contribution in [2.45, 2.75) is 63.8 Å². The molecular formula is C28H34ClN5O4. The first-order valence-corrected chi connectivity index (χ1v) is 13.8. The van der Waals surface area contributed by atoms with Gasteiger partial charge < -0.3 is 24.6 Å². The number of likely N-dealkylation sites (tertiary alicyclic amines) is 1. The number of hydrogen-bond acceptors (Lipinski definition) is 6. The highest BCUT2D eigenvalue weighted by molar-refractivity contribution is 6.28. The van der Waals surface area contributed by atoms with Gasteiger partial charge in [0.05, 0.1) is 36.8 Å². The Bertz CT molecular complexity index is 1420. The van der Waals surface area contributed by atoms with Crippen LogP contribution in [0.2, 0.25) is 5.28 Å². The molecule has 1 saturated carbocycles. The van der Waals surface area contributed by atoms with Gasteiger partial charge in [0.25, 0.3) is 5.56 Å². The lowest BCUT2D eigenvalue weighted by atomic mass is 9.90. The summed E-state index contributed by atoms with van der Waals surface area (Å²) < 4.78 is 8.88. The molecule has 3 fully saturated rings.